The molecule has 33 heavy (non-hydrogen) atoms. The lowest BCUT2D eigenvalue weighted by atomic mass is 9.98. The summed E-state index contributed by atoms with van der Waals surface area (Å²) in [5.41, 5.74) is 3.04. The highest BCUT2D eigenvalue weighted by Gasteiger charge is 2.32. The summed E-state index contributed by atoms with van der Waals surface area (Å²) in [6, 6.07) is 12.7. The molecule has 4 aromatic rings. The SMILES string of the molecule is Cc1ccc(S(=O)(=O)Oc2nn3c(-c4ccccc4F)nnc(C)c3c2C2CCCC2)cc1. The summed E-state index contributed by atoms with van der Waals surface area (Å²) < 4.78 is 47.9. The van der Waals surface area contributed by atoms with E-state index in [1.807, 2.05) is 6.92 Å². The van der Waals surface area contributed by atoms with Gasteiger partial charge in [0.15, 0.2) is 5.82 Å². The van der Waals surface area contributed by atoms with E-state index in [2.05, 4.69) is 15.3 Å². The Bertz CT molecular complexity index is 1440. The van der Waals surface area contributed by atoms with Gasteiger partial charge in [-0.05, 0) is 56.9 Å². The lowest BCUT2D eigenvalue weighted by Gasteiger charge is -2.12. The molecule has 170 valence electrons. The minimum Gasteiger partial charge on any atom is -0.356 e. The van der Waals surface area contributed by atoms with Gasteiger partial charge in [0.25, 0.3) is 5.88 Å². The number of rotatable bonds is 5. The Morgan fingerprint density at radius 2 is 1.70 bits per heavy atom. The van der Waals surface area contributed by atoms with Crippen molar-refractivity contribution < 1.29 is 17.0 Å². The van der Waals surface area contributed by atoms with Crippen LogP contribution in [0.25, 0.3) is 16.9 Å². The molecule has 1 aliphatic carbocycles. The van der Waals surface area contributed by atoms with Crippen LogP contribution >= 0.6 is 0 Å². The summed E-state index contributed by atoms with van der Waals surface area (Å²) in [6.07, 6.45) is 3.84. The number of aryl methyl sites for hydroxylation is 2. The van der Waals surface area contributed by atoms with Crippen molar-refractivity contribution in [3.8, 4) is 17.3 Å². The largest absolute Gasteiger partial charge is 0.356 e. The standard InChI is InChI=1S/C24H23FN4O3S/c1-15-11-13-18(14-12-15)33(30,31)32-24-21(17-7-3-4-8-17)22-16(2)26-27-23(29(22)28-24)19-9-5-6-10-20(19)25/h5-6,9-14,17H,3-4,7-8H2,1-2H3. The smallest absolute Gasteiger partial charge is 0.340 e. The van der Waals surface area contributed by atoms with Crippen LogP contribution in [-0.2, 0) is 10.1 Å². The van der Waals surface area contributed by atoms with Crippen molar-refractivity contribution in [2.24, 2.45) is 0 Å². The first-order valence-electron chi connectivity index (χ1n) is 10.9. The van der Waals surface area contributed by atoms with Gasteiger partial charge in [-0.1, -0.05) is 42.7 Å². The van der Waals surface area contributed by atoms with Gasteiger partial charge < -0.3 is 4.18 Å². The molecule has 9 heteroatoms. The van der Waals surface area contributed by atoms with Crippen LogP contribution in [0.2, 0.25) is 0 Å². The fourth-order valence-electron chi connectivity index (χ4n) is 4.44. The van der Waals surface area contributed by atoms with Gasteiger partial charge in [-0.25, -0.2) is 8.91 Å². The summed E-state index contributed by atoms with van der Waals surface area (Å²) >= 11 is 0. The van der Waals surface area contributed by atoms with Crippen LogP contribution in [0.5, 0.6) is 5.88 Å². The highest BCUT2D eigenvalue weighted by Crippen LogP contribution is 2.43. The summed E-state index contributed by atoms with van der Waals surface area (Å²) in [5, 5.41) is 13.0. The number of aromatic nitrogens is 4. The van der Waals surface area contributed by atoms with Crippen LogP contribution < -0.4 is 4.18 Å². The minimum absolute atomic E-state index is 0.00188. The second kappa shape index (κ2) is 8.22. The van der Waals surface area contributed by atoms with Crippen molar-refractivity contribution in [1.82, 2.24) is 19.8 Å². The number of benzene rings is 2. The Kier molecular flexibility index (Phi) is 5.36. The quantitative estimate of drug-likeness (QED) is 0.386. The molecular weight excluding hydrogens is 443 g/mol. The van der Waals surface area contributed by atoms with E-state index in [1.165, 1.54) is 22.7 Å². The molecule has 0 saturated heterocycles. The van der Waals surface area contributed by atoms with Gasteiger partial charge in [0.05, 0.1) is 16.8 Å². The maximum Gasteiger partial charge on any atom is 0.340 e. The van der Waals surface area contributed by atoms with Gasteiger partial charge in [0, 0.05) is 5.56 Å². The fraction of sp³-hybridized carbons (Fsp3) is 0.292. The molecule has 0 radical (unpaired) electrons. The van der Waals surface area contributed by atoms with E-state index in [1.54, 1.807) is 37.3 Å². The number of nitrogens with zero attached hydrogens (tertiary/aromatic N) is 4. The molecular formula is C24H23FN4O3S. The Hall–Kier alpha value is -3.33. The molecule has 0 unspecified atom stereocenters. The van der Waals surface area contributed by atoms with E-state index < -0.39 is 15.9 Å². The van der Waals surface area contributed by atoms with Gasteiger partial charge >= 0.3 is 10.1 Å². The van der Waals surface area contributed by atoms with Crippen molar-refractivity contribution in [2.45, 2.75) is 50.3 Å². The van der Waals surface area contributed by atoms with Gasteiger partial charge in [-0.3, -0.25) is 0 Å². The van der Waals surface area contributed by atoms with E-state index in [9.17, 15) is 12.8 Å². The summed E-state index contributed by atoms with van der Waals surface area (Å²) in [5.74, 6) is -0.208. The zero-order valence-corrected chi connectivity index (χ0v) is 19.1. The van der Waals surface area contributed by atoms with Crippen LogP contribution in [0.1, 0.15) is 48.4 Å². The molecule has 0 amide bonds. The Morgan fingerprint density at radius 1 is 1.00 bits per heavy atom. The van der Waals surface area contributed by atoms with Crippen LogP contribution in [0, 0.1) is 19.7 Å². The van der Waals surface area contributed by atoms with Crippen molar-refractivity contribution in [3.05, 3.63) is 71.2 Å². The Balaban J connectivity index is 1.72. The Labute approximate surface area is 191 Å². The van der Waals surface area contributed by atoms with E-state index >= 15 is 0 Å². The van der Waals surface area contributed by atoms with Crippen molar-refractivity contribution in [1.29, 1.82) is 0 Å². The molecule has 2 aromatic heterocycles. The third-order valence-electron chi connectivity index (χ3n) is 6.10. The highest BCUT2D eigenvalue weighted by molar-refractivity contribution is 7.87. The normalized spacial score (nSPS) is 14.8. The zero-order chi connectivity index (χ0) is 23.2. The van der Waals surface area contributed by atoms with E-state index in [0.29, 0.717) is 16.8 Å². The second-order valence-electron chi connectivity index (χ2n) is 8.40. The predicted octanol–water partition coefficient (Wildman–Crippen LogP) is 4.97. The molecule has 0 aliphatic heterocycles. The summed E-state index contributed by atoms with van der Waals surface area (Å²) in [6.45, 7) is 3.66. The maximum atomic E-state index is 14.6. The monoisotopic (exact) mass is 466 g/mol. The molecule has 0 N–H and O–H groups in total. The molecule has 2 heterocycles. The highest BCUT2D eigenvalue weighted by atomic mass is 32.2. The van der Waals surface area contributed by atoms with E-state index in [0.717, 1.165) is 31.2 Å². The number of hydrogen-bond donors (Lipinski definition) is 0. The topological polar surface area (TPSA) is 86.5 Å². The Morgan fingerprint density at radius 3 is 2.39 bits per heavy atom. The molecule has 1 aliphatic rings. The molecule has 7 nitrogen and oxygen atoms in total. The van der Waals surface area contributed by atoms with Gasteiger partial charge in [0.2, 0.25) is 0 Å². The second-order valence-corrected chi connectivity index (χ2v) is 9.95. The average Bonchev–Trinajstić information content (AvgIpc) is 3.43. The van der Waals surface area contributed by atoms with Crippen LogP contribution in [-0.4, -0.2) is 28.2 Å². The molecule has 0 atom stereocenters. The first kappa shape index (κ1) is 21.5. The third kappa shape index (κ3) is 3.86. The lowest BCUT2D eigenvalue weighted by molar-refractivity contribution is 0.467. The van der Waals surface area contributed by atoms with Crippen LogP contribution in [0.4, 0.5) is 4.39 Å². The number of halogens is 1. The molecule has 1 saturated carbocycles. The third-order valence-corrected chi connectivity index (χ3v) is 7.33. The maximum absolute atomic E-state index is 14.6. The van der Waals surface area contributed by atoms with Crippen LogP contribution in [0.15, 0.2) is 53.4 Å². The zero-order valence-electron chi connectivity index (χ0n) is 18.3. The fourth-order valence-corrected chi connectivity index (χ4v) is 5.33. The first-order valence-corrected chi connectivity index (χ1v) is 12.3. The van der Waals surface area contributed by atoms with Gasteiger partial charge in [-0.15, -0.1) is 10.2 Å². The first-order chi connectivity index (χ1) is 15.8. The lowest BCUT2D eigenvalue weighted by Crippen LogP contribution is -2.11. The minimum atomic E-state index is -4.12. The molecule has 2 aromatic carbocycles. The molecule has 5 rings (SSSR count). The van der Waals surface area contributed by atoms with Gasteiger partial charge in [-0.2, -0.15) is 13.5 Å². The molecule has 0 bridgehead atoms. The van der Waals surface area contributed by atoms with Crippen molar-refractivity contribution in [3.63, 3.8) is 0 Å². The summed E-state index contributed by atoms with van der Waals surface area (Å²) in [4.78, 5) is 0.0461. The van der Waals surface area contributed by atoms with Crippen LogP contribution in [0.3, 0.4) is 0 Å². The number of hydrogen-bond acceptors (Lipinski definition) is 6. The van der Waals surface area contributed by atoms with E-state index in [4.69, 9.17) is 4.18 Å². The molecule has 1 fully saturated rings. The average molecular weight is 467 g/mol. The molecule has 0 spiro atoms. The van der Waals surface area contributed by atoms with Crippen molar-refractivity contribution >= 4 is 15.6 Å². The van der Waals surface area contributed by atoms with E-state index in [-0.39, 0.29) is 28.1 Å². The number of fused-ring (bicyclic) bond motifs is 1. The predicted molar refractivity (Wildman–Crippen MR) is 121 cm³/mol. The van der Waals surface area contributed by atoms with Gasteiger partial charge in [0.1, 0.15) is 10.7 Å². The summed E-state index contributed by atoms with van der Waals surface area (Å²) in [7, 11) is -4.12. The van der Waals surface area contributed by atoms with Crippen molar-refractivity contribution in [2.75, 3.05) is 0 Å².